The summed E-state index contributed by atoms with van der Waals surface area (Å²) in [6.07, 6.45) is 4.52. The average molecular weight is 208 g/mol. The minimum Gasteiger partial charge on any atom is -0.467 e. The van der Waals surface area contributed by atoms with Gasteiger partial charge in [-0.2, -0.15) is 5.10 Å². The molecular weight excluding hydrogens is 196 g/mol. The number of nitrogens with zero attached hydrogens (tertiary/aromatic N) is 2. The Morgan fingerprint density at radius 2 is 2.20 bits per heavy atom. The Morgan fingerprint density at radius 1 is 1.53 bits per heavy atom. The SMILES string of the molecule is COC(=O)C1(n2cc(C(C)=O)cn2)CC1. The zero-order chi connectivity index (χ0) is 11.1. The lowest BCUT2D eigenvalue weighted by molar-refractivity contribution is -0.146. The van der Waals surface area contributed by atoms with Crippen molar-refractivity contribution in [2.45, 2.75) is 25.3 Å². The number of carbonyl (C=O) groups excluding carboxylic acids is 2. The number of esters is 1. The molecule has 0 aromatic carbocycles. The number of Topliss-reactive ketones (excluding diaryl/α,β-unsaturated/α-hetero) is 1. The minimum absolute atomic E-state index is 0.0538. The van der Waals surface area contributed by atoms with Crippen LogP contribution >= 0.6 is 0 Å². The van der Waals surface area contributed by atoms with Gasteiger partial charge in [0, 0.05) is 6.20 Å². The second-order valence-corrected chi connectivity index (χ2v) is 3.75. The highest BCUT2D eigenvalue weighted by Crippen LogP contribution is 2.44. The van der Waals surface area contributed by atoms with Gasteiger partial charge in [0.25, 0.3) is 0 Å². The van der Waals surface area contributed by atoms with E-state index in [1.807, 2.05) is 0 Å². The van der Waals surface area contributed by atoms with Crippen LogP contribution in [-0.4, -0.2) is 28.6 Å². The third-order valence-corrected chi connectivity index (χ3v) is 2.72. The Bertz CT molecular complexity index is 418. The van der Waals surface area contributed by atoms with E-state index in [9.17, 15) is 9.59 Å². The lowest BCUT2D eigenvalue weighted by Gasteiger charge is -2.12. The molecule has 0 atom stereocenters. The van der Waals surface area contributed by atoms with E-state index < -0.39 is 5.54 Å². The van der Waals surface area contributed by atoms with Crippen LogP contribution in [0.25, 0.3) is 0 Å². The first kappa shape index (κ1) is 9.89. The van der Waals surface area contributed by atoms with Crippen molar-refractivity contribution in [3.63, 3.8) is 0 Å². The molecule has 80 valence electrons. The second kappa shape index (κ2) is 3.18. The molecule has 0 radical (unpaired) electrons. The summed E-state index contributed by atoms with van der Waals surface area (Å²) in [6, 6.07) is 0. The molecule has 0 saturated heterocycles. The fourth-order valence-corrected chi connectivity index (χ4v) is 1.57. The van der Waals surface area contributed by atoms with Gasteiger partial charge in [-0.15, -0.1) is 0 Å². The molecule has 0 unspecified atom stereocenters. The number of ether oxygens (including phenoxy) is 1. The molecule has 0 aliphatic heterocycles. The second-order valence-electron chi connectivity index (χ2n) is 3.75. The van der Waals surface area contributed by atoms with Crippen molar-refractivity contribution >= 4 is 11.8 Å². The molecular formula is C10H12N2O3. The van der Waals surface area contributed by atoms with Gasteiger partial charge in [-0.1, -0.05) is 0 Å². The van der Waals surface area contributed by atoms with Crippen LogP contribution < -0.4 is 0 Å². The molecule has 0 amide bonds. The Morgan fingerprint density at radius 3 is 2.60 bits per heavy atom. The Hall–Kier alpha value is -1.65. The van der Waals surface area contributed by atoms with Crippen LogP contribution in [0.2, 0.25) is 0 Å². The third-order valence-electron chi connectivity index (χ3n) is 2.72. The van der Waals surface area contributed by atoms with Crippen LogP contribution in [0.15, 0.2) is 12.4 Å². The highest BCUT2D eigenvalue weighted by Gasteiger charge is 2.54. The molecule has 1 saturated carbocycles. The standard InChI is InChI=1S/C10H12N2O3/c1-7(13)8-5-11-12(6-8)10(3-4-10)9(14)15-2/h5-6H,3-4H2,1-2H3. The smallest absolute Gasteiger partial charge is 0.333 e. The Balaban J connectivity index is 2.30. The van der Waals surface area contributed by atoms with E-state index in [0.29, 0.717) is 5.56 Å². The van der Waals surface area contributed by atoms with E-state index in [4.69, 9.17) is 4.74 Å². The summed E-state index contributed by atoms with van der Waals surface area (Å²) in [5.74, 6) is -0.345. The Kier molecular flexibility index (Phi) is 2.10. The minimum atomic E-state index is -0.650. The van der Waals surface area contributed by atoms with Crippen molar-refractivity contribution in [3.05, 3.63) is 18.0 Å². The van der Waals surface area contributed by atoms with Crippen LogP contribution in [0.1, 0.15) is 30.1 Å². The molecule has 0 bridgehead atoms. The van der Waals surface area contributed by atoms with E-state index in [1.54, 1.807) is 6.20 Å². The first-order valence-electron chi connectivity index (χ1n) is 4.75. The van der Waals surface area contributed by atoms with Crippen molar-refractivity contribution in [3.8, 4) is 0 Å². The average Bonchev–Trinajstić information content (AvgIpc) is 2.87. The maximum absolute atomic E-state index is 11.5. The molecule has 0 N–H and O–H groups in total. The molecule has 1 aliphatic rings. The molecule has 1 aromatic rings. The van der Waals surface area contributed by atoms with Crippen molar-refractivity contribution in [2.24, 2.45) is 0 Å². The first-order valence-corrected chi connectivity index (χ1v) is 4.75. The predicted octanol–water partition coefficient (Wildman–Crippen LogP) is 0.748. The monoisotopic (exact) mass is 208 g/mol. The maximum atomic E-state index is 11.5. The lowest BCUT2D eigenvalue weighted by atomic mass is 10.2. The molecule has 1 aliphatic carbocycles. The van der Waals surface area contributed by atoms with Crippen LogP contribution in [0.3, 0.4) is 0 Å². The summed E-state index contributed by atoms with van der Waals surface area (Å²) < 4.78 is 6.25. The van der Waals surface area contributed by atoms with Crippen molar-refractivity contribution in [2.75, 3.05) is 7.11 Å². The topological polar surface area (TPSA) is 61.2 Å². The van der Waals surface area contributed by atoms with Crippen molar-refractivity contribution < 1.29 is 14.3 Å². The van der Waals surface area contributed by atoms with Gasteiger partial charge in [-0.25, -0.2) is 4.79 Å². The van der Waals surface area contributed by atoms with E-state index in [2.05, 4.69) is 5.10 Å². The number of hydrogen-bond acceptors (Lipinski definition) is 4. The van der Waals surface area contributed by atoms with Gasteiger partial charge >= 0.3 is 5.97 Å². The first-order chi connectivity index (χ1) is 7.10. The third kappa shape index (κ3) is 1.44. The summed E-state index contributed by atoms with van der Waals surface area (Å²) >= 11 is 0. The number of rotatable bonds is 3. The number of hydrogen-bond donors (Lipinski definition) is 0. The summed E-state index contributed by atoms with van der Waals surface area (Å²) in [5, 5.41) is 4.04. The molecule has 1 aromatic heterocycles. The van der Waals surface area contributed by atoms with Gasteiger partial charge in [0.2, 0.25) is 0 Å². The van der Waals surface area contributed by atoms with Crippen LogP contribution in [0.5, 0.6) is 0 Å². The molecule has 5 heteroatoms. The molecule has 0 spiro atoms. The van der Waals surface area contributed by atoms with Crippen molar-refractivity contribution in [1.82, 2.24) is 9.78 Å². The van der Waals surface area contributed by atoms with E-state index >= 15 is 0 Å². The fourth-order valence-electron chi connectivity index (χ4n) is 1.57. The number of methoxy groups -OCH3 is 1. The highest BCUT2D eigenvalue weighted by atomic mass is 16.5. The predicted molar refractivity (Wildman–Crippen MR) is 51.5 cm³/mol. The summed E-state index contributed by atoms with van der Waals surface area (Å²) in [5.41, 5.74) is -0.132. The highest BCUT2D eigenvalue weighted by molar-refractivity contribution is 5.93. The van der Waals surface area contributed by atoms with Gasteiger partial charge in [0.15, 0.2) is 11.3 Å². The molecule has 1 heterocycles. The van der Waals surface area contributed by atoms with Gasteiger partial charge < -0.3 is 4.74 Å². The van der Waals surface area contributed by atoms with Crippen LogP contribution in [0.4, 0.5) is 0 Å². The molecule has 15 heavy (non-hydrogen) atoms. The summed E-state index contributed by atoms with van der Waals surface area (Å²) in [6.45, 7) is 1.47. The van der Waals surface area contributed by atoms with Crippen LogP contribution in [0, 0.1) is 0 Å². The van der Waals surface area contributed by atoms with Crippen LogP contribution in [-0.2, 0) is 15.1 Å². The van der Waals surface area contributed by atoms with E-state index in [1.165, 1.54) is 24.9 Å². The van der Waals surface area contributed by atoms with Gasteiger partial charge in [0.05, 0.1) is 18.9 Å². The number of carbonyl (C=O) groups is 2. The fraction of sp³-hybridized carbons (Fsp3) is 0.500. The van der Waals surface area contributed by atoms with E-state index in [0.717, 1.165) is 12.8 Å². The van der Waals surface area contributed by atoms with Gasteiger partial charge in [-0.05, 0) is 19.8 Å². The molecule has 2 rings (SSSR count). The zero-order valence-electron chi connectivity index (χ0n) is 8.69. The number of aromatic nitrogens is 2. The van der Waals surface area contributed by atoms with Gasteiger partial charge in [-0.3, -0.25) is 9.48 Å². The van der Waals surface area contributed by atoms with Crippen molar-refractivity contribution in [1.29, 1.82) is 0 Å². The van der Waals surface area contributed by atoms with E-state index in [-0.39, 0.29) is 11.8 Å². The Labute approximate surface area is 87.0 Å². The maximum Gasteiger partial charge on any atom is 0.333 e. The summed E-state index contributed by atoms with van der Waals surface area (Å²) in [4.78, 5) is 22.6. The quantitative estimate of drug-likeness (QED) is 0.543. The number of ketones is 1. The van der Waals surface area contributed by atoms with Gasteiger partial charge in [0.1, 0.15) is 0 Å². The molecule has 1 fully saturated rings. The largest absolute Gasteiger partial charge is 0.467 e. The molecule has 5 nitrogen and oxygen atoms in total. The zero-order valence-corrected chi connectivity index (χ0v) is 8.69. The lowest BCUT2D eigenvalue weighted by Crippen LogP contribution is -2.29. The summed E-state index contributed by atoms with van der Waals surface area (Å²) in [7, 11) is 1.36. The normalized spacial score (nSPS) is 17.2.